The SMILES string of the molecule is CC(C)COC1CC(CO)N(C(=O)OC(C)(C)C)C1. The number of aliphatic hydroxyl groups is 1. The van der Waals surface area contributed by atoms with Gasteiger partial charge in [-0.15, -0.1) is 0 Å². The number of likely N-dealkylation sites (tertiary alicyclic amines) is 1. The van der Waals surface area contributed by atoms with Crippen LogP contribution in [0.3, 0.4) is 0 Å². The number of aliphatic hydroxyl groups excluding tert-OH is 1. The van der Waals surface area contributed by atoms with E-state index >= 15 is 0 Å². The largest absolute Gasteiger partial charge is 0.444 e. The van der Waals surface area contributed by atoms with Crippen molar-refractivity contribution in [3.05, 3.63) is 0 Å². The first-order chi connectivity index (χ1) is 8.73. The summed E-state index contributed by atoms with van der Waals surface area (Å²) in [4.78, 5) is 13.6. The second-order valence-corrected chi connectivity index (χ2v) is 6.55. The number of nitrogens with zero attached hydrogens (tertiary/aromatic N) is 1. The zero-order chi connectivity index (χ0) is 14.6. The lowest BCUT2D eigenvalue weighted by atomic mass is 10.2. The highest BCUT2D eigenvalue weighted by molar-refractivity contribution is 5.69. The molecule has 1 aliphatic heterocycles. The first kappa shape index (κ1) is 16.2. The van der Waals surface area contributed by atoms with Gasteiger partial charge < -0.3 is 19.5 Å². The van der Waals surface area contributed by atoms with Crippen molar-refractivity contribution in [2.45, 2.75) is 58.8 Å². The van der Waals surface area contributed by atoms with Crippen molar-refractivity contribution in [2.24, 2.45) is 5.92 Å². The Balaban J connectivity index is 2.55. The molecule has 0 bridgehead atoms. The maximum absolute atomic E-state index is 12.1. The van der Waals surface area contributed by atoms with E-state index in [1.807, 2.05) is 20.8 Å². The van der Waals surface area contributed by atoms with Crippen LogP contribution in [-0.2, 0) is 9.47 Å². The summed E-state index contributed by atoms with van der Waals surface area (Å²) in [6.45, 7) is 10.8. The van der Waals surface area contributed by atoms with Gasteiger partial charge in [0.15, 0.2) is 0 Å². The zero-order valence-corrected chi connectivity index (χ0v) is 12.7. The Hall–Kier alpha value is -0.810. The van der Waals surface area contributed by atoms with Gasteiger partial charge in [0.1, 0.15) is 5.60 Å². The molecule has 1 N–H and O–H groups in total. The molecule has 1 amide bonds. The molecule has 1 saturated heterocycles. The molecule has 0 aromatic rings. The highest BCUT2D eigenvalue weighted by atomic mass is 16.6. The molecule has 0 aliphatic carbocycles. The molecule has 2 unspecified atom stereocenters. The van der Waals surface area contributed by atoms with E-state index in [-0.39, 0.29) is 24.8 Å². The molecule has 2 atom stereocenters. The molecule has 1 fully saturated rings. The summed E-state index contributed by atoms with van der Waals surface area (Å²) in [5.74, 6) is 0.461. The van der Waals surface area contributed by atoms with E-state index in [2.05, 4.69) is 13.8 Å². The summed E-state index contributed by atoms with van der Waals surface area (Å²) in [6.07, 6.45) is 0.289. The quantitative estimate of drug-likeness (QED) is 0.851. The van der Waals surface area contributed by atoms with E-state index in [1.165, 1.54) is 0 Å². The Labute approximate surface area is 115 Å². The second-order valence-electron chi connectivity index (χ2n) is 6.55. The van der Waals surface area contributed by atoms with Crippen LogP contribution in [0.15, 0.2) is 0 Å². The number of amides is 1. The highest BCUT2D eigenvalue weighted by Crippen LogP contribution is 2.23. The van der Waals surface area contributed by atoms with Gasteiger partial charge in [-0.2, -0.15) is 0 Å². The average molecular weight is 273 g/mol. The van der Waals surface area contributed by atoms with E-state index in [1.54, 1.807) is 4.90 Å². The minimum absolute atomic E-state index is 0.00734. The van der Waals surface area contributed by atoms with Crippen LogP contribution in [0, 0.1) is 5.92 Å². The van der Waals surface area contributed by atoms with Gasteiger partial charge in [0.2, 0.25) is 0 Å². The second kappa shape index (κ2) is 6.57. The molecule has 112 valence electrons. The summed E-state index contributed by atoms with van der Waals surface area (Å²) < 4.78 is 11.1. The predicted molar refractivity (Wildman–Crippen MR) is 73.0 cm³/mol. The molecule has 1 heterocycles. The van der Waals surface area contributed by atoms with Crippen LogP contribution in [-0.4, -0.2) is 53.6 Å². The fraction of sp³-hybridized carbons (Fsp3) is 0.929. The van der Waals surface area contributed by atoms with E-state index in [0.717, 1.165) is 0 Å². The molecule has 1 aliphatic rings. The Morgan fingerprint density at radius 2 is 2.05 bits per heavy atom. The van der Waals surface area contributed by atoms with E-state index < -0.39 is 5.60 Å². The Morgan fingerprint density at radius 3 is 2.53 bits per heavy atom. The summed E-state index contributed by atoms with van der Waals surface area (Å²) >= 11 is 0. The minimum atomic E-state index is -0.520. The summed E-state index contributed by atoms with van der Waals surface area (Å²) in [5, 5.41) is 9.37. The standard InChI is InChI=1S/C14H27NO4/c1-10(2)9-18-12-6-11(8-16)15(7-12)13(17)19-14(3,4)5/h10-12,16H,6-9H2,1-5H3. The van der Waals surface area contributed by atoms with Gasteiger partial charge in [-0.05, 0) is 33.1 Å². The molecule has 5 heteroatoms. The Kier molecular flexibility index (Phi) is 5.62. The molecule has 1 rings (SSSR count). The third kappa shape index (κ3) is 5.37. The van der Waals surface area contributed by atoms with Gasteiger partial charge in [0.25, 0.3) is 0 Å². The van der Waals surface area contributed by atoms with Crippen molar-refractivity contribution >= 4 is 6.09 Å². The lowest BCUT2D eigenvalue weighted by molar-refractivity contribution is 0.0116. The fourth-order valence-corrected chi connectivity index (χ4v) is 2.04. The highest BCUT2D eigenvalue weighted by Gasteiger charge is 2.37. The molecule has 0 aromatic carbocycles. The molecule has 5 nitrogen and oxygen atoms in total. The third-order valence-electron chi connectivity index (χ3n) is 2.88. The van der Waals surface area contributed by atoms with E-state index in [9.17, 15) is 9.90 Å². The van der Waals surface area contributed by atoms with Crippen LogP contribution >= 0.6 is 0 Å². The number of hydrogen-bond acceptors (Lipinski definition) is 4. The van der Waals surface area contributed by atoms with Crippen molar-refractivity contribution in [3.8, 4) is 0 Å². The zero-order valence-electron chi connectivity index (χ0n) is 12.7. The normalized spacial score (nSPS) is 24.1. The summed E-state index contributed by atoms with van der Waals surface area (Å²) in [5.41, 5.74) is -0.520. The molecule has 0 saturated carbocycles. The number of ether oxygens (including phenoxy) is 2. The van der Waals surface area contributed by atoms with Gasteiger partial charge >= 0.3 is 6.09 Å². The molecule has 0 aromatic heterocycles. The maximum atomic E-state index is 12.1. The lowest BCUT2D eigenvalue weighted by Gasteiger charge is -2.27. The number of carbonyl (C=O) groups excluding carboxylic acids is 1. The van der Waals surface area contributed by atoms with Crippen molar-refractivity contribution in [2.75, 3.05) is 19.8 Å². The number of rotatable bonds is 4. The van der Waals surface area contributed by atoms with Crippen molar-refractivity contribution in [1.29, 1.82) is 0 Å². The molecular weight excluding hydrogens is 246 g/mol. The van der Waals surface area contributed by atoms with Crippen LogP contribution in [0.1, 0.15) is 41.0 Å². The maximum Gasteiger partial charge on any atom is 0.410 e. The Bertz CT molecular complexity index is 298. The van der Waals surface area contributed by atoms with E-state index in [4.69, 9.17) is 9.47 Å². The van der Waals surface area contributed by atoms with Crippen LogP contribution in [0.2, 0.25) is 0 Å². The van der Waals surface area contributed by atoms with Crippen LogP contribution in [0.25, 0.3) is 0 Å². The lowest BCUT2D eigenvalue weighted by Crippen LogP contribution is -2.41. The Morgan fingerprint density at radius 1 is 1.42 bits per heavy atom. The first-order valence-corrected chi connectivity index (χ1v) is 6.95. The smallest absolute Gasteiger partial charge is 0.410 e. The first-order valence-electron chi connectivity index (χ1n) is 6.95. The number of carbonyl (C=O) groups is 1. The van der Waals surface area contributed by atoms with Crippen molar-refractivity contribution in [3.63, 3.8) is 0 Å². The number of hydrogen-bond donors (Lipinski definition) is 1. The third-order valence-corrected chi connectivity index (χ3v) is 2.88. The molecule has 0 radical (unpaired) electrons. The van der Waals surface area contributed by atoms with Crippen LogP contribution < -0.4 is 0 Å². The van der Waals surface area contributed by atoms with Gasteiger partial charge in [0.05, 0.1) is 25.3 Å². The van der Waals surface area contributed by atoms with Gasteiger partial charge in [-0.3, -0.25) is 0 Å². The summed E-state index contributed by atoms with van der Waals surface area (Å²) in [6, 6.07) is -0.202. The topological polar surface area (TPSA) is 59.0 Å². The van der Waals surface area contributed by atoms with Crippen LogP contribution in [0.5, 0.6) is 0 Å². The molecule has 19 heavy (non-hydrogen) atoms. The fourth-order valence-electron chi connectivity index (χ4n) is 2.04. The molecule has 0 spiro atoms. The average Bonchev–Trinajstić information content (AvgIpc) is 2.67. The monoisotopic (exact) mass is 273 g/mol. The molecular formula is C14H27NO4. The predicted octanol–water partition coefficient (Wildman–Crippen LogP) is 2.03. The summed E-state index contributed by atoms with van der Waals surface area (Å²) in [7, 11) is 0. The van der Waals surface area contributed by atoms with Crippen LogP contribution in [0.4, 0.5) is 4.79 Å². The van der Waals surface area contributed by atoms with Crippen molar-refractivity contribution in [1.82, 2.24) is 4.90 Å². The van der Waals surface area contributed by atoms with Gasteiger partial charge in [0, 0.05) is 6.61 Å². The van der Waals surface area contributed by atoms with E-state index in [0.29, 0.717) is 25.5 Å². The van der Waals surface area contributed by atoms with Gasteiger partial charge in [-0.1, -0.05) is 13.8 Å². The van der Waals surface area contributed by atoms with Gasteiger partial charge in [-0.25, -0.2) is 4.79 Å². The minimum Gasteiger partial charge on any atom is -0.444 e. The van der Waals surface area contributed by atoms with Crippen molar-refractivity contribution < 1.29 is 19.4 Å².